The summed E-state index contributed by atoms with van der Waals surface area (Å²) in [6.45, 7) is 3.94. The molecule has 0 aliphatic rings. The molecule has 4 nitrogen and oxygen atoms in total. The number of ether oxygens (including phenoxy) is 2. The molecule has 0 saturated heterocycles. The number of pyridine rings is 1. The van der Waals surface area contributed by atoms with Gasteiger partial charge in [0.05, 0.1) is 25.0 Å². The Balaban J connectivity index is 2.63. The van der Waals surface area contributed by atoms with E-state index in [-0.39, 0.29) is 5.97 Å². The van der Waals surface area contributed by atoms with Crippen LogP contribution in [0.4, 0.5) is 0 Å². The van der Waals surface area contributed by atoms with Crippen LogP contribution in [0, 0.1) is 6.92 Å². The molecule has 0 aliphatic carbocycles. The topological polar surface area (TPSA) is 48.4 Å². The quantitative estimate of drug-likeness (QED) is 0.780. The lowest BCUT2D eigenvalue weighted by atomic mass is 10.0. The second-order valence-electron chi connectivity index (χ2n) is 3.89. The molecule has 4 heteroatoms. The van der Waals surface area contributed by atoms with E-state index >= 15 is 0 Å². The van der Waals surface area contributed by atoms with Crippen molar-refractivity contribution in [1.29, 1.82) is 0 Å². The maximum Gasteiger partial charge on any atom is 0.340 e. The highest BCUT2D eigenvalue weighted by Gasteiger charge is 2.15. The van der Waals surface area contributed by atoms with Crippen LogP contribution in [0.3, 0.4) is 0 Å². The Morgan fingerprint density at radius 3 is 2.83 bits per heavy atom. The van der Waals surface area contributed by atoms with Crippen molar-refractivity contribution in [2.45, 2.75) is 13.8 Å². The van der Waals surface area contributed by atoms with Gasteiger partial charge in [-0.1, -0.05) is 0 Å². The average Bonchev–Trinajstić information content (AvgIpc) is 2.38. The average molecular weight is 245 g/mol. The lowest BCUT2D eigenvalue weighted by Gasteiger charge is -2.09. The van der Waals surface area contributed by atoms with Crippen molar-refractivity contribution in [3.63, 3.8) is 0 Å². The molecule has 0 spiro atoms. The van der Waals surface area contributed by atoms with E-state index in [0.717, 1.165) is 16.5 Å². The number of hydrogen-bond acceptors (Lipinski definition) is 4. The predicted octanol–water partition coefficient (Wildman–Crippen LogP) is 2.73. The molecule has 2 rings (SSSR count). The standard InChI is InChI=1S/C14H15NO3/c1-4-18-14(16)13-9(2)15-8-10-7-11(17-3)5-6-12(10)13/h5-8H,4H2,1-3H3. The summed E-state index contributed by atoms with van der Waals surface area (Å²) in [6.07, 6.45) is 1.73. The molecule has 0 radical (unpaired) electrons. The van der Waals surface area contributed by atoms with Gasteiger partial charge in [0.1, 0.15) is 5.75 Å². The van der Waals surface area contributed by atoms with Gasteiger partial charge in [0, 0.05) is 11.6 Å². The minimum Gasteiger partial charge on any atom is -0.497 e. The monoisotopic (exact) mass is 245 g/mol. The van der Waals surface area contributed by atoms with Crippen molar-refractivity contribution in [2.75, 3.05) is 13.7 Å². The van der Waals surface area contributed by atoms with Gasteiger partial charge in [-0.25, -0.2) is 4.79 Å². The van der Waals surface area contributed by atoms with Gasteiger partial charge >= 0.3 is 5.97 Å². The Kier molecular flexibility index (Phi) is 3.46. The largest absolute Gasteiger partial charge is 0.497 e. The van der Waals surface area contributed by atoms with Gasteiger partial charge in [0.2, 0.25) is 0 Å². The van der Waals surface area contributed by atoms with E-state index in [1.54, 1.807) is 27.2 Å². The van der Waals surface area contributed by atoms with Crippen molar-refractivity contribution in [3.8, 4) is 5.75 Å². The van der Waals surface area contributed by atoms with E-state index < -0.39 is 0 Å². The van der Waals surface area contributed by atoms with Crippen LogP contribution in [-0.2, 0) is 4.74 Å². The van der Waals surface area contributed by atoms with Crippen LogP contribution in [0.1, 0.15) is 23.0 Å². The summed E-state index contributed by atoms with van der Waals surface area (Å²) in [5, 5.41) is 1.70. The molecular weight excluding hydrogens is 230 g/mol. The predicted molar refractivity (Wildman–Crippen MR) is 69.0 cm³/mol. The number of carbonyl (C=O) groups is 1. The highest BCUT2D eigenvalue weighted by Crippen LogP contribution is 2.25. The first kappa shape index (κ1) is 12.4. The number of fused-ring (bicyclic) bond motifs is 1. The lowest BCUT2D eigenvalue weighted by molar-refractivity contribution is 0.0527. The Labute approximate surface area is 106 Å². The number of esters is 1. The van der Waals surface area contributed by atoms with Crippen LogP contribution in [-0.4, -0.2) is 24.7 Å². The van der Waals surface area contributed by atoms with Gasteiger partial charge in [0.25, 0.3) is 0 Å². The Morgan fingerprint density at radius 1 is 1.39 bits per heavy atom. The highest BCUT2D eigenvalue weighted by molar-refractivity contribution is 6.05. The fourth-order valence-corrected chi connectivity index (χ4v) is 1.89. The number of rotatable bonds is 3. The molecule has 1 aromatic carbocycles. The summed E-state index contributed by atoms with van der Waals surface area (Å²) in [4.78, 5) is 16.2. The molecule has 0 unspecified atom stereocenters. The van der Waals surface area contributed by atoms with Crippen molar-refractivity contribution in [2.24, 2.45) is 0 Å². The Morgan fingerprint density at radius 2 is 2.17 bits per heavy atom. The Bertz CT molecular complexity index is 593. The third-order valence-electron chi connectivity index (χ3n) is 2.77. The van der Waals surface area contributed by atoms with E-state index in [2.05, 4.69) is 4.98 Å². The van der Waals surface area contributed by atoms with Gasteiger partial charge in [-0.15, -0.1) is 0 Å². The summed E-state index contributed by atoms with van der Waals surface area (Å²) in [5.41, 5.74) is 1.20. The fraction of sp³-hybridized carbons (Fsp3) is 0.286. The van der Waals surface area contributed by atoms with Crippen LogP contribution in [0.5, 0.6) is 5.75 Å². The zero-order valence-corrected chi connectivity index (χ0v) is 10.7. The van der Waals surface area contributed by atoms with Crippen LogP contribution in [0.15, 0.2) is 24.4 Å². The van der Waals surface area contributed by atoms with Gasteiger partial charge < -0.3 is 9.47 Å². The highest BCUT2D eigenvalue weighted by atomic mass is 16.5. The van der Waals surface area contributed by atoms with Crippen molar-refractivity contribution >= 4 is 16.7 Å². The number of hydrogen-bond donors (Lipinski definition) is 0. The third kappa shape index (κ3) is 2.14. The molecule has 0 atom stereocenters. The van der Waals surface area contributed by atoms with Gasteiger partial charge in [-0.05, 0) is 37.4 Å². The zero-order chi connectivity index (χ0) is 13.1. The number of benzene rings is 1. The van der Waals surface area contributed by atoms with E-state index in [0.29, 0.717) is 17.9 Å². The molecule has 0 bridgehead atoms. The number of methoxy groups -OCH3 is 1. The first-order valence-corrected chi connectivity index (χ1v) is 5.77. The van der Waals surface area contributed by atoms with Crippen LogP contribution >= 0.6 is 0 Å². The third-order valence-corrected chi connectivity index (χ3v) is 2.77. The number of aryl methyl sites for hydroxylation is 1. The molecule has 1 heterocycles. The minimum absolute atomic E-state index is 0.335. The molecular formula is C14H15NO3. The summed E-state index contributed by atoms with van der Waals surface area (Å²) in [7, 11) is 1.61. The molecule has 0 fully saturated rings. The first-order chi connectivity index (χ1) is 8.67. The SMILES string of the molecule is CCOC(=O)c1c(C)ncc2cc(OC)ccc12. The van der Waals surface area contributed by atoms with E-state index in [9.17, 15) is 4.79 Å². The second-order valence-corrected chi connectivity index (χ2v) is 3.89. The van der Waals surface area contributed by atoms with E-state index in [4.69, 9.17) is 9.47 Å². The van der Waals surface area contributed by atoms with Crippen molar-refractivity contribution < 1.29 is 14.3 Å². The van der Waals surface area contributed by atoms with Crippen molar-refractivity contribution in [1.82, 2.24) is 4.98 Å². The summed E-state index contributed by atoms with van der Waals surface area (Å²) in [5.74, 6) is 0.404. The summed E-state index contributed by atoms with van der Waals surface area (Å²) in [6, 6.07) is 5.53. The second kappa shape index (κ2) is 5.04. The van der Waals surface area contributed by atoms with Crippen LogP contribution in [0.2, 0.25) is 0 Å². The smallest absolute Gasteiger partial charge is 0.340 e. The van der Waals surface area contributed by atoms with Gasteiger partial charge in [0.15, 0.2) is 0 Å². The molecule has 0 saturated carbocycles. The molecule has 0 amide bonds. The van der Waals surface area contributed by atoms with Gasteiger partial charge in [-0.2, -0.15) is 0 Å². The van der Waals surface area contributed by atoms with Crippen molar-refractivity contribution in [3.05, 3.63) is 35.7 Å². The van der Waals surface area contributed by atoms with Crippen LogP contribution in [0.25, 0.3) is 10.8 Å². The molecule has 0 N–H and O–H groups in total. The fourth-order valence-electron chi connectivity index (χ4n) is 1.89. The molecule has 94 valence electrons. The lowest BCUT2D eigenvalue weighted by Crippen LogP contribution is -2.08. The summed E-state index contributed by atoms with van der Waals surface area (Å²) >= 11 is 0. The number of nitrogens with zero attached hydrogens (tertiary/aromatic N) is 1. The molecule has 0 aliphatic heterocycles. The number of carbonyl (C=O) groups excluding carboxylic acids is 1. The Hall–Kier alpha value is -2.10. The number of aromatic nitrogens is 1. The first-order valence-electron chi connectivity index (χ1n) is 5.77. The van der Waals surface area contributed by atoms with Gasteiger partial charge in [-0.3, -0.25) is 4.98 Å². The minimum atomic E-state index is -0.335. The normalized spacial score (nSPS) is 10.4. The molecule has 18 heavy (non-hydrogen) atoms. The van der Waals surface area contributed by atoms with E-state index in [1.165, 1.54) is 0 Å². The molecule has 1 aromatic heterocycles. The van der Waals surface area contributed by atoms with Crippen LogP contribution < -0.4 is 4.74 Å². The molecule has 2 aromatic rings. The summed E-state index contributed by atoms with van der Waals surface area (Å²) < 4.78 is 10.2. The van der Waals surface area contributed by atoms with E-state index in [1.807, 2.05) is 18.2 Å². The maximum absolute atomic E-state index is 11.9. The zero-order valence-electron chi connectivity index (χ0n) is 10.7. The maximum atomic E-state index is 11.9.